The highest BCUT2D eigenvalue weighted by Crippen LogP contribution is 2.35. The highest BCUT2D eigenvalue weighted by molar-refractivity contribution is 5.51. The van der Waals surface area contributed by atoms with E-state index in [2.05, 4.69) is 6.92 Å². The Bertz CT molecular complexity index is 598. The average Bonchev–Trinajstić information content (AvgIpc) is 2.37. The maximum Gasteiger partial charge on any atom is 0.119 e. The van der Waals surface area contributed by atoms with E-state index in [4.69, 9.17) is 0 Å². The van der Waals surface area contributed by atoms with Crippen LogP contribution in [-0.4, -0.2) is 10.2 Å². The molecule has 0 saturated heterocycles. The lowest BCUT2D eigenvalue weighted by Crippen LogP contribution is -2.03. The second-order valence-electron chi connectivity index (χ2n) is 5.19. The third-order valence-corrected chi connectivity index (χ3v) is 3.95. The first-order valence-electron chi connectivity index (χ1n) is 6.50. The minimum Gasteiger partial charge on any atom is -0.508 e. The van der Waals surface area contributed by atoms with E-state index in [0.29, 0.717) is 5.75 Å². The van der Waals surface area contributed by atoms with Gasteiger partial charge in [-0.2, -0.15) is 0 Å². The van der Waals surface area contributed by atoms with Crippen molar-refractivity contribution >= 4 is 0 Å². The lowest BCUT2D eigenvalue weighted by Gasteiger charge is -2.20. The van der Waals surface area contributed by atoms with E-state index in [1.54, 1.807) is 12.1 Å². The lowest BCUT2D eigenvalue weighted by molar-refractivity contribution is 0.469. The third-order valence-electron chi connectivity index (χ3n) is 3.95. The Morgan fingerprint density at radius 2 is 1.47 bits per heavy atom. The Hall–Kier alpha value is -1.96. The van der Waals surface area contributed by atoms with Crippen LogP contribution in [0.25, 0.3) is 0 Å². The fourth-order valence-corrected chi connectivity index (χ4v) is 2.68. The zero-order valence-electron chi connectivity index (χ0n) is 11.9. The number of aryl methyl sites for hydroxylation is 1. The molecule has 0 radical (unpaired) electrons. The first kappa shape index (κ1) is 13.5. The minimum absolute atomic E-state index is 0.236. The molecule has 0 amide bonds. The van der Waals surface area contributed by atoms with Gasteiger partial charge >= 0.3 is 0 Å². The molecule has 0 aliphatic heterocycles. The van der Waals surface area contributed by atoms with E-state index in [1.807, 2.05) is 39.0 Å². The van der Waals surface area contributed by atoms with Gasteiger partial charge in [-0.1, -0.05) is 19.1 Å². The van der Waals surface area contributed by atoms with Crippen molar-refractivity contribution in [1.82, 2.24) is 0 Å². The van der Waals surface area contributed by atoms with Crippen molar-refractivity contribution in [1.29, 1.82) is 0 Å². The summed E-state index contributed by atoms with van der Waals surface area (Å²) in [7, 11) is 0. The quantitative estimate of drug-likeness (QED) is 0.846. The molecule has 0 spiro atoms. The molecule has 2 aromatic carbocycles. The number of hydrogen-bond acceptors (Lipinski definition) is 2. The third kappa shape index (κ3) is 2.43. The zero-order valence-corrected chi connectivity index (χ0v) is 11.9. The summed E-state index contributed by atoms with van der Waals surface area (Å²) in [5.41, 5.74) is 5.58. The second-order valence-corrected chi connectivity index (χ2v) is 5.19. The average molecular weight is 256 g/mol. The monoisotopic (exact) mass is 256 g/mol. The maximum absolute atomic E-state index is 9.86. The van der Waals surface area contributed by atoms with Crippen LogP contribution in [0.3, 0.4) is 0 Å². The van der Waals surface area contributed by atoms with Crippen LogP contribution < -0.4 is 0 Å². The van der Waals surface area contributed by atoms with E-state index in [-0.39, 0.29) is 11.7 Å². The summed E-state index contributed by atoms with van der Waals surface area (Å²) >= 11 is 0. The standard InChI is InChI=1S/C17H20O2/c1-10-9-16(19)11(2)12(3)17(10)13(4)14-5-7-15(18)8-6-14/h5-9,13,18-19H,1-4H3. The molecule has 19 heavy (non-hydrogen) atoms. The Balaban J connectivity index is 2.53. The first-order chi connectivity index (χ1) is 8.91. The summed E-state index contributed by atoms with van der Waals surface area (Å²) in [6.07, 6.45) is 0. The summed E-state index contributed by atoms with van der Waals surface area (Å²) in [6, 6.07) is 9.14. The van der Waals surface area contributed by atoms with Crippen LogP contribution in [0.2, 0.25) is 0 Å². The zero-order chi connectivity index (χ0) is 14.2. The van der Waals surface area contributed by atoms with Gasteiger partial charge in [-0.05, 0) is 66.8 Å². The van der Waals surface area contributed by atoms with Gasteiger partial charge in [-0.25, -0.2) is 0 Å². The van der Waals surface area contributed by atoms with Crippen molar-refractivity contribution in [3.05, 3.63) is 58.1 Å². The molecule has 0 aromatic heterocycles. The predicted octanol–water partition coefficient (Wildman–Crippen LogP) is 4.17. The van der Waals surface area contributed by atoms with Gasteiger partial charge in [0.05, 0.1) is 0 Å². The molecule has 0 aliphatic carbocycles. The molecule has 0 bridgehead atoms. The van der Waals surface area contributed by atoms with Gasteiger partial charge in [0, 0.05) is 5.92 Å². The highest BCUT2D eigenvalue weighted by atomic mass is 16.3. The molecule has 2 N–H and O–H groups in total. The Morgan fingerprint density at radius 3 is 2.05 bits per heavy atom. The van der Waals surface area contributed by atoms with E-state index < -0.39 is 0 Å². The topological polar surface area (TPSA) is 40.5 Å². The van der Waals surface area contributed by atoms with Crippen LogP contribution in [-0.2, 0) is 0 Å². The Labute approximate surface area is 114 Å². The van der Waals surface area contributed by atoms with Crippen molar-refractivity contribution in [3.63, 3.8) is 0 Å². The molecule has 2 rings (SSSR count). The smallest absolute Gasteiger partial charge is 0.119 e. The normalized spacial score (nSPS) is 12.4. The van der Waals surface area contributed by atoms with E-state index in [0.717, 1.165) is 22.3 Å². The Kier molecular flexibility index (Phi) is 3.52. The molecule has 0 heterocycles. The summed E-state index contributed by atoms with van der Waals surface area (Å²) in [6.45, 7) is 8.17. The van der Waals surface area contributed by atoms with Crippen LogP contribution in [0.4, 0.5) is 0 Å². The predicted molar refractivity (Wildman–Crippen MR) is 77.9 cm³/mol. The molecule has 1 atom stereocenters. The van der Waals surface area contributed by atoms with Crippen molar-refractivity contribution in [2.45, 2.75) is 33.6 Å². The molecular weight excluding hydrogens is 236 g/mol. The van der Waals surface area contributed by atoms with E-state index >= 15 is 0 Å². The molecule has 0 fully saturated rings. The molecule has 1 unspecified atom stereocenters. The molecule has 0 saturated carbocycles. The number of hydrogen-bond donors (Lipinski definition) is 2. The van der Waals surface area contributed by atoms with Crippen molar-refractivity contribution in [3.8, 4) is 11.5 Å². The molecule has 2 nitrogen and oxygen atoms in total. The summed E-state index contributed by atoms with van der Waals surface area (Å²) in [5.74, 6) is 0.878. The van der Waals surface area contributed by atoms with E-state index in [1.165, 1.54) is 5.56 Å². The molecule has 0 aliphatic rings. The number of benzene rings is 2. The largest absolute Gasteiger partial charge is 0.508 e. The molecule has 2 heteroatoms. The summed E-state index contributed by atoms with van der Waals surface area (Å²) in [5, 5.41) is 19.2. The van der Waals surface area contributed by atoms with Gasteiger partial charge in [0.2, 0.25) is 0 Å². The van der Waals surface area contributed by atoms with Gasteiger partial charge in [-0.15, -0.1) is 0 Å². The van der Waals surface area contributed by atoms with Crippen LogP contribution in [0.15, 0.2) is 30.3 Å². The molecule has 2 aromatic rings. The maximum atomic E-state index is 9.86. The first-order valence-corrected chi connectivity index (χ1v) is 6.50. The molecule has 100 valence electrons. The van der Waals surface area contributed by atoms with E-state index in [9.17, 15) is 10.2 Å². The second kappa shape index (κ2) is 4.96. The number of phenolic OH excluding ortho intramolecular Hbond substituents is 2. The van der Waals surface area contributed by atoms with Gasteiger partial charge in [0.25, 0.3) is 0 Å². The fraction of sp³-hybridized carbons (Fsp3) is 0.294. The Morgan fingerprint density at radius 1 is 0.895 bits per heavy atom. The van der Waals surface area contributed by atoms with Crippen LogP contribution >= 0.6 is 0 Å². The summed E-state index contributed by atoms with van der Waals surface area (Å²) < 4.78 is 0. The SMILES string of the molecule is Cc1cc(O)c(C)c(C)c1C(C)c1ccc(O)cc1. The van der Waals surface area contributed by atoms with Gasteiger partial charge < -0.3 is 10.2 Å². The van der Waals surface area contributed by atoms with Crippen LogP contribution in [0.1, 0.15) is 40.7 Å². The fourth-order valence-electron chi connectivity index (χ4n) is 2.68. The summed E-state index contributed by atoms with van der Waals surface area (Å²) in [4.78, 5) is 0. The van der Waals surface area contributed by atoms with Gasteiger partial charge in [-0.3, -0.25) is 0 Å². The van der Waals surface area contributed by atoms with Gasteiger partial charge in [0.15, 0.2) is 0 Å². The lowest BCUT2D eigenvalue weighted by atomic mass is 9.85. The van der Waals surface area contributed by atoms with Crippen molar-refractivity contribution in [2.75, 3.05) is 0 Å². The van der Waals surface area contributed by atoms with Crippen LogP contribution in [0, 0.1) is 20.8 Å². The van der Waals surface area contributed by atoms with Crippen molar-refractivity contribution < 1.29 is 10.2 Å². The molecular formula is C17H20O2. The van der Waals surface area contributed by atoms with Gasteiger partial charge in [0.1, 0.15) is 11.5 Å². The number of phenols is 2. The van der Waals surface area contributed by atoms with Crippen LogP contribution in [0.5, 0.6) is 11.5 Å². The van der Waals surface area contributed by atoms with Crippen molar-refractivity contribution in [2.24, 2.45) is 0 Å². The number of aromatic hydroxyl groups is 2. The number of rotatable bonds is 2. The minimum atomic E-state index is 0.236. The highest BCUT2D eigenvalue weighted by Gasteiger charge is 2.16.